The Bertz CT molecular complexity index is 594. The zero-order valence-corrected chi connectivity index (χ0v) is 11.1. The predicted octanol–water partition coefficient (Wildman–Crippen LogP) is 4.91. The molecular formula is C14H10ClF3O2. The van der Waals surface area contributed by atoms with Crippen molar-refractivity contribution in [1.29, 1.82) is 0 Å². The molecule has 6 heteroatoms. The third-order valence-electron chi connectivity index (χ3n) is 2.57. The van der Waals surface area contributed by atoms with E-state index in [1.165, 1.54) is 31.4 Å². The molecule has 0 fully saturated rings. The number of halogens is 4. The van der Waals surface area contributed by atoms with E-state index >= 15 is 0 Å². The Balaban J connectivity index is 2.24. The zero-order valence-electron chi connectivity index (χ0n) is 10.4. The fourth-order valence-corrected chi connectivity index (χ4v) is 1.95. The summed E-state index contributed by atoms with van der Waals surface area (Å²) in [4.78, 5) is 0. The lowest BCUT2D eigenvalue weighted by Crippen LogP contribution is -2.16. The highest BCUT2D eigenvalue weighted by Crippen LogP contribution is 2.31. The van der Waals surface area contributed by atoms with Crippen molar-refractivity contribution in [2.24, 2.45) is 0 Å². The Morgan fingerprint density at radius 2 is 1.55 bits per heavy atom. The normalized spacial score (nSPS) is 11.2. The van der Waals surface area contributed by atoms with Crippen molar-refractivity contribution in [3.8, 4) is 22.6 Å². The maximum Gasteiger partial charge on any atom is 0.573 e. The minimum atomic E-state index is -4.69. The lowest BCUT2D eigenvalue weighted by molar-refractivity contribution is -0.274. The highest BCUT2D eigenvalue weighted by atomic mass is 35.5. The molecule has 20 heavy (non-hydrogen) atoms. The maximum atomic E-state index is 12.0. The molecule has 0 aromatic heterocycles. The van der Waals surface area contributed by atoms with E-state index < -0.39 is 6.36 Å². The minimum absolute atomic E-state index is 0.263. The molecule has 0 radical (unpaired) electrons. The van der Waals surface area contributed by atoms with Gasteiger partial charge in [0.05, 0.1) is 12.1 Å². The minimum Gasteiger partial charge on any atom is -0.495 e. The Kier molecular flexibility index (Phi) is 4.09. The number of methoxy groups -OCH3 is 1. The van der Waals surface area contributed by atoms with Gasteiger partial charge in [0.15, 0.2) is 0 Å². The van der Waals surface area contributed by atoms with E-state index in [2.05, 4.69) is 4.74 Å². The van der Waals surface area contributed by atoms with Gasteiger partial charge < -0.3 is 9.47 Å². The number of ether oxygens (including phenoxy) is 2. The molecule has 0 unspecified atom stereocenters. The molecule has 0 aliphatic heterocycles. The van der Waals surface area contributed by atoms with Crippen LogP contribution >= 0.6 is 11.6 Å². The summed E-state index contributed by atoms with van der Waals surface area (Å²) in [5, 5.41) is 0.431. The molecule has 0 saturated carbocycles. The molecule has 0 atom stereocenters. The summed E-state index contributed by atoms with van der Waals surface area (Å²) in [5.41, 5.74) is 1.50. The second-order valence-corrected chi connectivity index (χ2v) is 4.33. The van der Waals surface area contributed by atoms with Crippen molar-refractivity contribution in [2.75, 3.05) is 7.11 Å². The van der Waals surface area contributed by atoms with Gasteiger partial charge >= 0.3 is 6.36 Å². The first-order valence-electron chi connectivity index (χ1n) is 5.59. The van der Waals surface area contributed by atoms with Crippen LogP contribution in [-0.2, 0) is 0 Å². The summed E-state index contributed by atoms with van der Waals surface area (Å²) in [6.07, 6.45) is -4.69. The first kappa shape index (κ1) is 14.5. The topological polar surface area (TPSA) is 18.5 Å². The van der Waals surface area contributed by atoms with Gasteiger partial charge in [-0.2, -0.15) is 0 Å². The standard InChI is InChI=1S/C14H10ClF3O2/c1-19-13-7-4-10(8-12(13)15)9-2-5-11(6-3-9)20-14(16,17)18/h2-8H,1H3. The van der Waals surface area contributed by atoms with Gasteiger partial charge in [0, 0.05) is 0 Å². The van der Waals surface area contributed by atoms with Crippen LogP contribution in [0.2, 0.25) is 5.02 Å². The zero-order chi connectivity index (χ0) is 14.8. The number of hydrogen-bond acceptors (Lipinski definition) is 2. The van der Waals surface area contributed by atoms with E-state index in [1.54, 1.807) is 18.2 Å². The molecule has 0 saturated heterocycles. The van der Waals surface area contributed by atoms with Crippen LogP contribution in [0.4, 0.5) is 13.2 Å². The molecule has 0 aliphatic rings. The fraction of sp³-hybridized carbons (Fsp3) is 0.143. The monoisotopic (exact) mass is 302 g/mol. The average Bonchev–Trinajstić information content (AvgIpc) is 2.37. The molecule has 0 bridgehead atoms. The lowest BCUT2D eigenvalue weighted by Gasteiger charge is -2.10. The average molecular weight is 303 g/mol. The largest absolute Gasteiger partial charge is 0.573 e. The first-order valence-corrected chi connectivity index (χ1v) is 5.96. The first-order chi connectivity index (χ1) is 9.39. The molecule has 0 heterocycles. The third kappa shape index (κ3) is 3.57. The highest BCUT2D eigenvalue weighted by Gasteiger charge is 2.30. The second kappa shape index (κ2) is 5.63. The van der Waals surface area contributed by atoms with Gasteiger partial charge in [0.1, 0.15) is 11.5 Å². The van der Waals surface area contributed by atoms with Crippen LogP contribution in [0, 0.1) is 0 Å². The van der Waals surface area contributed by atoms with E-state index in [4.69, 9.17) is 16.3 Å². The summed E-state index contributed by atoms with van der Waals surface area (Å²) in [7, 11) is 1.50. The van der Waals surface area contributed by atoms with Gasteiger partial charge in [-0.05, 0) is 35.4 Å². The summed E-state index contributed by atoms with van der Waals surface area (Å²) >= 11 is 6.00. The molecule has 2 nitrogen and oxygen atoms in total. The predicted molar refractivity (Wildman–Crippen MR) is 70.1 cm³/mol. The lowest BCUT2D eigenvalue weighted by atomic mass is 10.1. The van der Waals surface area contributed by atoms with Crippen LogP contribution in [0.25, 0.3) is 11.1 Å². The SMILES string of the molecule is COc1ccc(-c2ccc(OC(F)(F)F)cc2)cc1Cl. The summed E-state index contributed by atoms with van der Waals surface area (Å²) in [6, 6.07) is 10.7. The van der Waals surface area contributed by atoms with Crippen LogP contribution in [0.1, 0.15) is 0 Å². The van der Waals surface area contributed by atoms with Crippen molar-refractivity contribution in [2.45, 2.75) is 6.36 Å². The maximum absolute atomic E-state index is 12.0. The fourth-order valence-electron chi connectivity index (χ4n) is 1.70. The van der Waals surface area contributed by atoms with Crippen molar-refractivity contribution >= 4 is 11.6 Å². The number of alkyl halides is 3. The number of benzene rings is 2. The molecule has 0 N–H and O–H groups in total. The van der Waals surface area contributed by atoms with Crippen LogP contribution in [0.3, 0.4) is 0 Å². The van der Waals surface area contributed by atoms with Crippen molar-refractivity contribution in [3.05, 3.63) is 47.5 Å². The molecule has 0 amide bonds. The van der Waals surface area contributed by atoms with Gasteiger partial charge in [-0.25, -0.2) is 0 Å². The van der Waals surface area contributed by atoms with E-state index in [0.717, 1.165) is 11.1 Å². The molecular weight excluding hydrogens is 293 g/mol. The summed E-state index contributed by atoms with van der Waals surface area (Å²) in [6.45, 7) is 0. The van der Waals surface area contributed by atoms with Gasteiger partial charge in [-0.3, -0.25) is 0 Å². The second-order valence-electron chi connectivity index (χ2n) is 3.92. The summed E-state index contributed by atoms with van der Waals surface area (Å²) < 4.78 is 45.0. The van der Waals surface area contributed by atoms with Crippen molar-refractivity contribution in [1.82, 2.24) is 0 Å². The van der Waals surface area contributed by atoms with Crippen molar-refractivity contribution in [3.63, 3.8) is 0 Å². The Hall–Kier alpha value is -1.88. The Morgan fingerprint density at radius 3 is 2.05 bits per heavy atom. The van der Waals surface area contributed by atoms with E-state index in [9.17, 15) is 13.2 Å². The van der Waals surface area contributed by atoms with Crippen LogP contribution in [-0.4, -0.2) is 13.5 Å². The Morgan fingerprint density at radius 1 is 0.950 bits per heavy atom. The highest BCUT2D eigenvalue weighted by molar-refractivity contribution is 6.32. The summed E-state index contributed by atoms with van der Waals surface area (Å²) in [5.74, 6) is 0.272. The van der Waals surface area contributed by atoms with Gasteiger partial charge in [-0.15, -0.1) is 13.2 Å². The van der Waals surface area contributed by atoms with Crippen LogP contribution in [0.15, 0.2) is 42.5 Å². The molecule has 0 aliphatic carbocycles. The van der Waals surface area contributed by atoms with Gasteiger partial charge in [-0.1, -0.05) is 29.8 Å². The quantitative estimate of drug-likeness (QED) is 0.801. The third-order valence-corrected chi connectivity index (χ3v) is 2.87. The number of hydrogen-bond donors (Lipinski definition) is 0. The van der Waals surface area contributed by atoms with E-state index in [-0.39, 0.29) is 5.75 Å². The van der Waals surface area contributed by atoms with Crippen LogP contribution < -0.4 is 9.47 Å². The molecule has 2 rings (SSSR count). The molecule has 2 aromatic rings. The molecule has 2 aromatic carbocycles. The van der Waals surface area contributed by atoms with E-state index in [1.807, 2.05) is 0 Å². The Labute approximate surface area is 118 Å². The van der Waals surface area contributed by atoms with Gasteiger partial charge in [0.25, 0.3) is 0 Å². The van der Waals surface area contributed by atoms with Crippen molar-refractivity contribution < 1.29 is 22.6 Å². The smallest absolute Gasteiger partial charge is 0.495 e. The molecule has 0 spiro atoms. The van der Waals surface area contributed by atoms with E-state index in [0.29, 0.717) is 10.8 Å². The van der Waals surface area contributed by atoms with Crippen LogP contribution in [0.5, 0.6) is 11.5 Å². The number of rotatable bonds is 3. The van der Waals surface area contributed by atoms with Gasteiger partial charge in [0.2, 0.25) is 0 Å². The molecule has 106 valence electrons.